The van der Waals surface area contributed by atoms with Gasteiger partial charge in [0.25, 0.3) is 0 Å². The van der Waals surface area contributed by atoms with Crippen molar-refractivity contribution in [3.05, 3.63) is 53.9 Å². The van der Waals surface area contributed by atoms with Crippen molar-refractivity contribution in [2.24, 2.45) is 5.92 Å². The number of pyridine rings is 1. The van der Waals surface area contributed by atoms with E-state index in [0.717, 1.165) is 25.1 Å². The summed E-state index contributed by atoms with van der Waals surface area (Å²) in [6, 6.07) is 10.1. The Kier molecular flexibility index (Phi) is 4.29. The van der Waals surface area contributed by atoms with Crippen LogP contribution in [0.5, 0.6) is 11.5 Å². The SMILES string of the molecule is COc1cc(CN2C[C@@H](C)C[C@H]2c2cccnc2)ccc1O. The molecule has 0 radical (unpaired) electrons. The highest BCUT2D eigenvalue weighted by molar-refractivity contribution is 5.41. The van der Waals surface area contributed by atoms with E-state index in [1.54, 1.807) is 13.2 Å². The normalized spacial score (nSPS) is 21.9. The molecule has 1 N–H and O–H groups in total. The summed E-state index contributed by atoms with van der Waals surface area (Å²) in [6.45, 7) is 4.21. The smallest absolute Gasteiger partial charge is 0.160 e. The molecule has 4 nitrogen and oxygen atoms in total. The third-order valence-electron chi connectivity index (χ3n) is 4.31. The Labute approximate surface area is 131 Å². The average Bonchev–Trinajstić information content (AvgIpc) is 2.90. The summed E-state index contributed by atoms with van der Waals surface area (Å²) in [5, 5.41) is 9.72. The lowest BCUT2D eigenvalue weighted by Crippen LogP contribution is -2.23. The fourth-order valence-electron chi connectivity index (χ4n) is 3.28. The number of aromatic hydroxyl groups is 1. The maximum absolute atomic E-state index is 9.72. The highest BCUT2D eigenvalue weighted by atomic mass is 16.5. The third kappa shape index (κ3) is 3.07. The number of methoxy groups -OCH3 is 1. The second kappa shape index (κ2) is 6.36. The Morgan fingerprint density at radius 3 is 2.95 bits per heavy atom. The zero-order chi connectivity index (χ0) is 15.5. The van der Waals surface area contributed by atoms with Crippen LogP contribution >= 0.6 is 0 Å². The number of aromatic nitrogens is 1. The first-order chi connectivity index (χ1) is 10.7. The van der Waals surface area contributed by atoms with Crippen molar-refractivity contribution in [3.8, 4) is 11.5 Å². The molecule has 0 aliphatic carbocycles. The van der Waals surface area contributed by atoms with E-state index >= 15 is 0 Å². The van der Waals surface area contributed by atoms with Gasteiger partial charge in [0.15, 0.2) is 11.5 Å². The minimum absolute atomic E-state index is 0.185. The number of phenols is 1. The second-order valence-corrected chi connectivity index (χ2v) is 6.08. The van der Waals surface area contributed by atoms with Gasteiger partial charge in [-0.05, 0) is 41.7 Å². The van der Waals surface area contributed by atoms with Crippen molar-refractivity contribution in [2.45, 2.75) is 25.9 Å². The average molecular weight is 298 g/mol. The van der Waals surface area contributed by atoms with Crippen LogP contribution in [-0.4, -0.2) is 28.6 Å². The maximum Gasteiger partial charge on any atom is 0.160 e. The minimum Gasteiger partial charge on any atom is -0.504 e. The predicted octanol–water partition coefficient (Wildman–Crippen LogP) is 3.38. The lowest BCUT2D eigenvalue weighted by atomic mass is 10.0. The molecule has 0 saturated carbocycles. The van der Waals surface area contributed by atoms with Crippen molar-refractivity contribution in [3.63, 3.8) is 0 Å². The third-order valence-corrected chi connectivity index (χ3v) is 4.31. The van der Waals surface area contributed by atoms with Crippen LogP contribution in [-0.2, 0) is 6.54 Å². The summed E-state index contributed by atoms with van der Waals surface area (Å²) in [4.78, 5) is 6.73. The molecule has 4 heteroatoms. The molecule has 0 unspecified atom stereocenters. The van der Waals surface area contributed by atoms with Gasteiger partial charge in [-0.2, -0.15) is 0 Å². The minimum atomic E-state index is 0.185. The van der Waals surface area contributed by atoms with Crippen LogP contribution in [0.4, 0.5) is 0 Å². The number of phenolic OH excluding ortho intramolecular Hbond substituents is 1. The molecule has 0 spiro atoms. The zero-order valence-corrected chi connectivity index (χ0v) is 13.1. The quantitative estimate of drug-likeness (QED) is 0.940. The number of hydrogen-bond acceptors (Lipinski definition) is 4. The Morgan fingerprint density at radius 2 is 2.23 bits per heavy atom. The van der Waals surface area contributed by atoms with E-state index in [2.05, 4.69) is 22.9 Å². The van der Waals surface area contributed by atoms with Gasteiger partial charge in [-0.15, -0.1) is 0 Å². The molecule has 1 aromatic carbocycles. The highest BCUT2D eigenvalue weighted by Crippen LogP contribution is 2.36. The molecule has 2 aromatic rings. The molecule has 2 heterocycles. The summed E-state index contributed by atoms with van der Waals surface area (Å²) in [6.07, 6.45) is 4.94. The second-order valence-electron chi connectivity index (χ2n) is 6.08. The van der Waals surface area contributed by atoms with Crippen LogP contribution in [0.2, 0.25) is 0 Å². The van der Waals surface area contributed by atoms with Crippen molar-refractivity contribution < 1.29 is 9.84 Å². The van der Waals surface area contributed by atoms with Crippen LogP contribution in [0.3, 0.4) is 0 Å². The summed E-state index contributed by atoms with van der Waals surface area (Å²) < 4.78 is 5.20. The Balaban J connectivity index is 1.81. The van der Waals surface area contributed by atoms with E-state index in [0.29, 0.717) is 17.7 Å². The Bertz CT molecular complexity index is 630. The fraction of sp³-hybridized carbons (Fsp3) is 0.389. The molecule has 3 rings (SSSR count). The van der Waals surface area contributed by atoms with Gasteiger partial charge < -0.3 is 9.84 Å². The van der Waals surface area contributed by atoms with Crippen LogP contribution in [0.25, 0.3) is 0 Å². The summed E-state index contributed by atoms with van der Waals surface area (Å²) in [7, 11) is 1.58. The summed E-state index contributed by atoms with van der Waals surface area (Å²) in [5.41, 5.74) is 2.43. The van der Waals surface area contributed by atoms with Crippen molar-refractivity contribution >= 4 is 0 Å². The molecule has 1 fully saturated rings. The molecule has 2 atom stereocenters. The van der Waals surface area contributed by atoms with Gasteiger partial charge in [0, 0.05) is 31.5 Å². The van der Waals surface area contributed by atoms with Crippen LogP contribution < -0.4 is 4.74 Å². The zero-order valence-electron chi connectivity index (χ0n) is 13.1. The van der Waals surface area contributed by atoms with Gasteiger partial charge in [0.1, 0.15) is 0 Å². The van der Waals surface area contributed by atoms with Crippen molar-refractivity contribution in [1.29, 1.82) is 0 Å². The van der Waals surface area contributed by atoms with E-state index in [4.69, 9.17) is 4.74 Å². The largest absolute Gasteiger partial charge is 0.504 e. The fourth-order valence-corrected chi connectivity index (χ4v) is 3.28. The van der Waals surface area contributed by atoms with Crippen LogP contribution in [0.1, 0.15) is 30.5 Å². The van der Waals surface area contributed by atoms with Crippen molar-refractivity contribution in [2.75, 3.05) is 13.7 Å². The van der Waals surface area contributed by atoms with E-state index < -0.39 is 0 Å². The number of benzene rings is 1. The lowest BCUT2D eigenvalue weighted by Gasteiger charge is -2.24. The van der Waals surface area contributed by atoms with E-state index in [1.165, 1.54) is 5.56 Å². The van der Waals surface area contributed by atoms with Gasteiger partial charge >= 0.3 is 0 Å². The first-order valence-electron chi connectivity index (χ1n) is 7.67. The summed E-state index contributed by atoms with van der Waals surface area (Å²) in [5.74, 6) is 1.39. The maximum atomic E-state index is 9.72. The number of rotatable bonds is 4. The molecule has 1 aliphatic rings. The highest BCUT2D eigenvalue weighted by Gasteiger charge is 2.30. The first kappa shape index (κ1) is 14.9. The Hall–Kier alpha value is -2.07. The van der Waals surface area contributed by atoms with Crippen molar-refractivity contribution in [1.82, 2.24) is 9.88 Å². The molecule has 1 saturated heterocycles. The molecule has 0 amide bonds. The van der Waals surface area contributed by atoms with Crippen LogP contribution in [0, 0.1) is 5.92 Å². The predicted molar refractivity (Wildman–Crippen MR) is 85.8 cm³/mol. The molecular weight excluding hydrogens is 276 g/mol. The van der Waals surface area contributed by atoms with E-state index in [1.807, 2.05) is 30.6 Å². The number of ether oxygens (including phenoxy) is 1. The molecule has 1 aliphatic heterocycles. The number of hydrogen-bond donors (Lipinski definition) is 1. The summed E-state index contributed by atoms with van der Waals surface area (Å²) >= 11 is 0. The van der Waals surface area contributed by atoms with Gasteiger partial charge in [0.2, 0.25) is 0 Å². The number of likely N-dealkylation sites (tertiary alicyclic amines) is 1. The first-order valence-corrected chi connectivity index (χ1v) is 7.67. The van der Waals surface area contributed by atoms with Gasteiger partial charge in [0.05, 0.1) is 7.11 Å². The van der Waals surface area contributed by atoms with Gasteiger partial charge in [-0.3, -0.25) is 9.88 Å². The monoisotopic (exact) mass is 298 g/mol. The number of nitrogens with zero attached hydrogens (tertiary/aromatic N) is 2. The molecule has 22 heavy (non-hydrogen) atoms. The Morgan fingerprint density at radius 1 is 1.36 bits per heavy atom. The lowest BCUT2D eigenvalue weighted by molar-refractivity contribution is 0.244. The van der Waals surface area contributed by atoms with E-state index in [9.17, 15) is 5.11 Å². The molecular formula is C18H22N2O2. The topological polar surface area (TPSA) is 45.6 Å². The molecule has 0 bridgehead atoms. The molecule has 116 valence electrons. The molecule has 1 aromatic heterocycles. The van der Waals surface area contributed by atoms with Crippen LogP contribution in [0.15, 0.2) is 42.7 Å². The standard InChI is InChI=1S/C18H22N2O2/c1-13-8-16(15-4-3-7-19-10-15)20(11-13)12-14-5-6-17(21)18(9-14)22-2/h3-7,9-10,13,16,21H,8,11-12H2,1-2H3/t13-,16-/m0/s1. The van der Waals surface area contributed by atoms with Gasteiger partial charge in [-0.25, -0.2) is 0 Å². The van der Waals surface area contributed by atoms with E-state index in [-0.39, 0.29) is 5.75 Å². The van der Waals surface area contributed by atoms with Gasteiger partial charge in [-0.1, -0.05) is 19.1 Å².